The monoisotopic (exact) mass is 268 g/mol. The molecule has 1 atom stereocenters. The van der Waals surface area contributed by atoms with E-state index in [1.807, 2.05) is 38.1 Å². The fourth-order valence-electron chi connectivity index (χ4n) is 1.58. The van der Waals surface area contributed by atoms with Crippen LogP contribution in [0.5, 0.6) is 0 Å². The van der Waals surface area contributed by atoms with Crippen LogP contribution in [0.2, 0.25) is 5.02 Å². The molecule has 100 valence electrons. The summed E-state index contributed by atoms with van der Waals surface area (Å²) in [5.74, 6) is 0.0629. The second-order valence-electron chi connectivity index (χ2n) is 4.34. The van der Waals surface area contributed by atoms with Gasteiger partial charge in [-0.15, -0.1) is 0 Å². The number of rotatable bonds is 7. The smallest absolute Gasteiger partial charge is 0.236 e. The molecule has 1 amide bonds. The molecule has 0 saturated heterocycles. The van der Waals surface area contributed by atoms with Crippen molar-refractivity contribution < 1.29 is 4.79 Å². The Balaban J connectivity index is 2.24. The number of carbonyl (C=O) groups excluding carboxylic acids is 1. The van der Waals surface area contributed by atoms with Gasteiger partial charge >= 0.3 is 0 Å². The third kappa shape index (κ3) is 5.52. The molecule has 0 spiro atoms. The average Bonchev–Trinajstić information content (AvgIpc) is 2.38. The van der Waals surface area contributed by atoms with Gasteiger partial charge in [-0.2, -0.15) is 0 Å². The number of benzene rings is 1. The van der Waals surface area contributed by atoms with Crippen molar-refractivity contribution in [2.24, 2.45) is 0 Å². The molecule has 1 aromatic rings. The first-order chi connectivity index (χ1) is 8.63. The van der Waals surface area contributed by atoms with Gasteiger partial charge < -0.3 is 10.6 Å². The molecule has 1 aromatic carbocycles. The maximum absolute atomic E-state index is 11.6. The zero-order chi connectivity index (χ0) is 13.4. The van der Waals surface area contributed by atoms with Gasteiger partial charge in [-0.25, -0.2) is 0 Å². The van der Waals surface area contributed by atoms with Gasteiger partial charge in [0, 0.05) is 11.6 Å². The Morgan fingerprint density at radius 2 is 1.94 bits per heavy atom. The molecule has 0 aromatic heterocycles. The summed E-state index contributed by atoms with van der Waals surface area (Å²) in [5, 5.41) is 6.83. The summed E-state index contributed by atoms with van der Waals surface area (Å²) >= 11 is 5.82. The molecule has 0 bridgehead atoms. The lowest BCUT2D eigenvalue weighted by Crippen LogP contribution is -2.43. The van der Waals surface area contributed by atoms with Crippen LogP contribution < -0.4 is 10.6 Å². The molecule has 0 aliphatic carbocycles. The molecule has 18 heavy (non-hydrogen) atoms. The van der Waals surface area contributed by atoms with E-state index >= 15 is 0 Å². The topological polar surface area (TPSA) is 41.1 Å². The van der Waals surface area contributed by atoms with Gasteiger partial charge in [-0.05, 0) is 44.0 Å². The highest BCUT2D eigenvalue weighted by Crippen LogP contribution is 2.09. The number of amides is 1. The normalized spacial score (nSPS) is 12.2. The fraction of sp³-hybridized carbons (Fsp3) is 0.500. The number of hydrogen-bond donors (Lipinski definition) is 2. The minimum atomic E-state index is -0.149. The minimum Gasteiger partial charge on any atom is -0.355 e. The van der Waals surface area contributed by atoms with E-state index < -0.39 is 0 Å². The van der Waals surface area contributed by atoms with Crippen LogP contribution in [0.4, 0.5) is 0 Å². The molecule has 3 nitrogen and oxygen atoms in total. The van der Waals surface area contributed by atoms with Crippen molar-refractivity contribution in [3.05, 3.63) is 34.9 Å². The lowest BCUT2D eigenvalue weighted by atomic mass is 10.1. The number of hydrogen-bond acceptors (Lipinski definition) is 2. The first-order valence-electron chi connectivity index (χ1n) is 6.39. The summed E-state index contributed by atoms with van der Waals surface area (Å²) in [5.41, 5.74) is 1.22. The molecule has 0 saturated carbocycles. The molecule has 0 aliphatic heterocycles. The predicted molar refractivity (Wildman–Crippen MR) is 75.9 cm³/mol. The Labute approximate surface area is 114 Å². The van der Waals surface area contributed by atoms with E-state index in [2.05, 4.69) is 10.6 Å². The molecule has 2 N–H and O–H groups in total. The van der Waals surface area contributed by atoms with E-state index in [9.17, 15) is 4.79 Å². The van der Waals surface area contributed by atoms with Crippen molar-refractivity contribution >= 4 is 17.5 Å². The Morgan fingerprint density at radius 1 is 1.28 bits per heavy atom. The van der Waals surface area contributed by atoms with Gasteiger partial charge in [0.25, 0.3) is 0 Å². The van der Waals surface area contributed by atoms with E-state index in [1.165, 1.54) is 5.56 Å². The van der Waals surface area contributed by atoms with Crippen LogP contribution in [0, 0.1) is 0 Å². The van der Waals surface area contributed by atoms with Crippen molar-refractivity contribution in [3.8, 4) is 0 Å². The molecular weight excluding hydrogens is 248 g/mol. The van der Waals surface area contributed by atoms with Crippen molar-refractivity contribution in [2.75, 3.05) is 13.1 Å². The second-order valence-corrected chi connectivity index (χ2v) is 4.78. The average molecular weight is 269 g/mol. The highest BCUT2D eigenvalue weighted by atomic mass is 35.5. The third-order valence-electron chi connectivity index (χ3n) is 2.72. The Hall–Kier alpha value is -1.06. The summed E-state index contributed by atoms with van der Waals surface area (Å²) in [6.45, 7) is 5.44. The van der Waals surface area contributed by atoms with Crippen molar-refractivity contribution in [1.29, 1.82) is 0 Å². The quantitative estimate of drug-likeness (QED) is 0.797. The van der Waals surface area contributed by atoms with Gasteiger partial charge in [-0.3, -0.25) is 4.79 Å². The van der Waals surface area contributed by atoms with Gasteiger partial charge in [0.15, 0.2) is 0 Å². The second kappa shape index (κ2) is 8.11. The summed E-state index contributed by atoms with van der Waals surface area (Å²) < 4.78 is 0. The Bertz CT molecular complexity index is 365. The number of nitrogens with one attached hydrogen (secondary N) is 2. The van der Waals surface area contributed by atoms with E-state index in [0.29, 0.717) is 0 Å². The van der Waals surface area contributed by atoms with Crippen LogP contribution in [-0.4, -0.2) is 25.0 Å². The lowest BCUT2D eigenvalue weighted by molar-refractivity contribution is -0.122. The van der Waals surface area contributed by atoms with Crippen molar-refractivity contribution in [2.45, 2.75) is 32.7 Å². The van der Waals surface area contributed by atoms with Gasteiger partial charge in [0.1, 0.15) is 0 Å². The summed E-state index contributed by atoms with van der Waals surface area (Å²) in [6, 6.07) is 7.63. The van der Waals surface area contributed by atoms with Crippen LogP contribution in [0.25, 0.3) is 0 Å². The largest absolute Gasteiger partial charge is 0.355 e. The molecule has 0 heterocycles. The molecule has 1 unspecified atom stereocenters. The van der Waals surface area contributed by atoms with Gasteiger partial charge in [0.2, 0.25) is 5.91 Å². The van der Waals surface area contributed by atoms with Gasteiger partial charge in [0.05, 0.1) is 6.04 Å². The molecule has 0 fully saturated rings. The third-order valence-corrected chi connectivity index (χ3v) is 2.97. The maximum atomic E-state index is 11.6. The standard InChI is InChI=1S/C14H21ClN2O/c1-3-9-17-14(18)11(2)16-10-8-12-4-6-13(15)7-5-12/h4-7,11,16H,3,8-10H2,1-2H3,(H,17,18). The van der Waals surface area contributed by atoms with Crippen molar-refractivity contribution in [3.63, 3.8) is 0 Å². The predicted octanol–water partition coefficient (Wildman–Crippen LogP) is 2.39. The summed E-state index contributed by atoms with van der Waals surface area (Å²) in [6.07, 6.45) is 1.85. The first kappa shape index (κ1) is 15.0. The summed E-state index contributed by atoms with van der Waals surface area (Å²) in [7, 11) is 0. The Morgan fingerprint density at radius 3 is 2.56 bits per heavy atom. The van der Waals surface area contributed by atoms with E-state index in [0.717, 1.165) is 31.0 Å². The fourth-order valence-corrected chi connectivity index (χ4v) is 1.70. The SMILES string of the molecule is CCCNC(=O)C(C)NCCc1ccc(Cl)cc1. The molecule has 1 rings (SSSR count). The first-order valence-corrected chi connectivity index (χ1v) is 6.76. The Kier molecular flexibility index (Phi) is 6.76. The van der Waals surface area contributed by atoms with Gasteiger partial charge in [-0.1, -0.05) is 30.7 Å². The molecule has 4 heteroatoms. The van der Waals surface area contributed by atoms with Crippen LogP contribution in [0.15, 0.2) is 24.3 Å². The highest BCUT2D eigenvalue weighted by Gasteiger charge is 2.10. The zero-order valence-electron chi connectivity index (χ0n) is 11.0. The zero-order valence-corrected chi connectivity index (χ0v) is 11.8. The molecule has 0 aliphatic rings. The molecule has 0 radical (unpaired) electrons. The highest BCUT2D eigenvalue weighted by molar-refractivity contribution is 6.30. The van der Waals surface area contributed by atoms with Crippen LogP contribution >= 0.6 is 11.6 Å². The molecular formula is C14H21ClN2O. The number of carbonyl (C=O) groups is 1. The maximum Gasteiger partial charge on any atom is 0.236 e. The minimum absolute atomic E-state index is 0.0629. The van der Waals surface area contributed by atoms with Crippen LogP contribution in [-0.2, 0) is 11.2 Å². The van der Waals surface area contributed by atoms with Crippen LogP contribution in [0.1, 0.15) is 25.8 Å². The van der Waals surface area contributed by atoms with E-state index in [-0.39, 0.29) is 11.9 Å². The van der Waals surface area contributed by atoms with Crippen molar-refractivity contribution in [1.82, 2.24) is 10.6 Å². The van der Waals surface area contributed by atoms with E-state index in [1.54, 1.807) is 0 Å². The lowest BCUT2D eigenvalue weighted by Gasteiger charge is -2.13. The van der Waals surface area contributed by atoms with E-state index in [4.69, 9.17) is 11.6 Å². The number of halogens is 1. The van der Waals surface area contributed by atoms with Crippen LogP contribution in [0.3, 0.4) is 0 Å². The summed E-state index contributed by atoms with van der Waals surface area (Å²) in [4.78, 5) is 11.6.